The summed E-state index contributed by atoms with van der Waals surface area (Å²) in [5.74, 6) is 2.09. The van der Waals surface area contributed by atoms with Crippen LogP contribution in [0.1, 0.15) is 6.92 Å². The van der Waals surface area contributed by atoms with Gasteiger partial charge in [-0.25, -0.2) is 4.68 Å². The number of hydrogen-bond acceptors (Lipinski definition) is 4. The summed E-state index contributed by atoms with van der Waals surface area (Å²) in [6.45, 7) is 2.95. The van der Waals surface area contributed by atoms with Gasteiger partial charge in [0.05, 0.1) is 6.61 Å². The van der Waals surface area contributed by atoms with Gasteiger partial charge in [0.25, 0.3) is 0 Å². The Labute approximate surface area is 99.8 Å². The maximum Gasteiger partial charge on any atom is 0.180 e. The lowest BCUT2D eigenvalue weighted by atomic mass is 10.3. The largest absolute Gasteiger partial charge is 0.494 e. The van der Waals surface area contributed by atoms with Crippen LogP contribution >= 0.6 is 0 Å². The monoisotopic (exact) mass is 233 g/mol. The molecule has 0 saturated heterocycles. The molecule has 0 saturated carbocycles. The maximum absolute atomic E-state index is 5.53. The molecule has 90 valence electrons. The number of hydrogen-bond donors (Lipinski definition) is 1. The van der Waals surface area contributed by atoms with E-state index in [-0.39, 0.29) is 0 Å². The van der Waals surface area contributed by atoms with E-state index in [0.29, 0.717) is 19.2 Å². The van der Waals surface area contributed by atoms with Gasteiger partial charge in [-0.05, 0) is 31.2 Å². The first-order chi connectivity index (χ1) is 8.28. The van der Waals surface area contributed by atoms with Crippen LogP contribution in [-0.2, 0) is 6.73 Å². The van der Waals surface area contributed by atoms with Crippen LogP contribution < -0.4 is 15.2 Å². The summed E-state index contributed by atoms with van der Waals surface area (Å²) in [4.78, 5) is 0. The van der Waals surface area contributed by atoms with E-state index in [1.54, 1.807) is 16.9 Å². The zero-order valence-corrected chi connectivity index (χ0v) is 9.67. The molecule has 0 unspecified atom stereocenters. The van der Waals surface area contributed by atoms with Crippen LogP contribution in [0.3, 0.4) is 0 Å². The molecule has 0 atom stereocenters. The highest BCUT2D eigenvalue weighted by Gasteiger charge is 1.97. The Balaban J connectivity index is 1.90. The molecule has 0 radical (unpaired) electrons. The minimum absolute atomic E-state index is 0.338. The van der Waals surface area contributed by atoms with Gasteiger partial charge in [0, 0.05) is 12.3 Å². The van der Waals surface area contributed by atoms with E-state index in [1.807, 2.05) is 31.2 Å². The predicted molar refractivity (Wildman–Crippen MR) is 64.9 cm³/mol. The first-order valence-corrected chi connectivity index (χ1v) is 5.42. The summed E-state index contributed by atoms with van der Waals surface area (Å²) in [6.07, 6.45) is 1.77. The molecule has 17 heavy (non-hydrogen) atoms. The first-order valence-electron chi connectivity index (χ1n) is 5.42. The van der Waals surface area contributed by atoms with Crippen LogP contribution in [0.4, 0.5) is 5.82 Å². The molecule has 1 aromatic carbocycles. The van der Waals surface area contributed by atoms with Crippen molar-refractivity contribution >= 4 is 5.82 Å². The molecule has 2 aromatic rings. The van der Waals surface area contributed by atoms with Crippen LogP contribution in [-0.4, -0.2) is 16.4 Å². The van der Waals surface area contributed by atoms with E-state index >= 15 is 0 Å². The fourth-order valence-electron chi connectivity index (χ4n) is 1.39. The molecular formula is C12H15N3O2. The molecule has 0 amide bonds. The number of benzene rings is 1. The lowest BCUT2D eigenvalue weighted by Gasteiger charge is -2.07. The summed E-state index contributed by atoms with van der Waals surface area (Å²) in [5.41, 5.74) is 5.50. The van der Waals surface area contributed by atoms with Crippen molar-refractivity contribution in [2.75, 3.05) is 12.3 Å². The summed E-state index contributed by atoms with van der Waals surface area (Å²) in [6, 6.07) is 9.18. The molecule has 0 spiro atoms. The minimum atomic E-state index is 0.338. The highest BCUT2D eigenvalue weighted by atomic mass is 16.5. The Kier molecular flexibility index (Phi) is 3.49. The zero-order chi connectivity index (χ0) is 12.1. The van der Waals surface area contributed by atoms with Crippen molar-refractivity contribution in [2.45, 2.75) is 13.7 Å². The molecule has 2 rings (SSSR count). The maximum atomic E-state index is 5.53. The van der Waals surface area contributed by atoms with Crippen LogP contribution in [0.5, 0.6) is 11.5 Å². The Morgan fingerprint density at radius 1 is 1.12 bits per heavy atom. The number of ether oxygens (including phenoxy) is 2. The molecule has 0 aliphatic rings. The van der Waals surface area contributed by atoms with Crippen molar-refractivity contribution in [3.05, 3.63) is 36.5 Å². The van der Waals surface area contributed by atoms with Crippen molar-refractivity contribution in [3.63, 3.8) is 0 Å². The summed E-state index contributed by atoms with van der Waals surface area (Å²) >= 11 is 0. The molecule has 0 aliphatic heterocycles. The van der Waals surface area contributed by atoms with E-state index in [0.717, 1.165) is 11.5 Å². The van der Waals surface area contributed by atoms with Gasteiger partial charge < -0.3 is 15.2 Å². The number of nitrogen functional groups attached to an aromatic ring is 1. The fourth-order valence-corrected chi connectivity index (χ4v) is 1.39. The van der Waals surface area contributed by atoms with Crippen LogP contribution in [0.25, 0.3) is 0 Å². The Morgan fingerprint density at radius 2 is 1.76 bits per heavy atom. The normalized spacial score (nSPS) is 10.2. The van der Waals surface area contributed by atoms with Crippen molar-refractivity contribution in [1.29, 1.82) is 0 Å². The van der Waals surface area contributed by atoms with Gasteiger partial charge in [-0.1, -0.05) is 0 Å². The topological polar surface area (TPSA) is 62.3 Å². The van der Waals surface area contributed by atoms with Gasteiger partial charge in [0.2, 0.25) is 0 Å². The molecule has 0 bridgehead atoms. The second-order valence-electron chi connectivity index (χ2n) is 3.46. The van der Waals surface area contributed by atoms with E-state index in [9.17, 15) is 0 Å². The molecule has 1 aromatic heterocycles. The van der Waals surface area contributed by atoms with Crippen molar-refractivity contribution < 1.29 is 9.47 Å². The number of nitrogens with two attached hydrogens (primary N) is 1. The molecule has 0 aliphatic carbocycles. The van der Waals surface area contributed by atoms with Crippen molar-refractivity contribution in [2.24, 2.45) is 0 Å². The molecule has 1 heterocycles. The average molecular weight is 233 g/mol. The highest BCUT2D eigenvalue weighted by molar-refractivity contribution is 5.31. The lowest BCUT2D eigenvalue weighted by molar-refractivity contribution is 0.221. The van der Waals surface area contributed by atoms with Gasteiger partial charge in [-0.2, -0.15) is 5.10 Å². The smallest absolute Gasteiger partial charge is 0.180 e. The fraction of sp³-hybridized carbons (Fsp3) is 0.250. The van der Waals surface area contributed by atoms with Gasteiger partial charge in [0.1, 0.15) is 17.3 Å². The number of rotatable bonds is 5. The second-order valence-corrected chi connectivity index (χ2v) is 3.46. The third kappa shape index (κ3) is 3.14. The Morgan fingerprint density at radius 3 is 2.29 bits per heavy atom. The minimum Gasteiger partial charge on any atom is -0.494 e. The van der Waals surface area contributed by atoms with Gasteiger partial charge in [-0.3, -0.25) is 0 Å². The number of anilines is 1. The van der Waals surface area contributed by atoms with Crippen molar-refractivity contribution in [3.8, 4) is 11.5 Å². The highest BCUT2D eigenvalue weighted by Crippen LogP contribution is 2.17. The summed E-state index contributed by atoms with van der Waals surface area (Å²) in [5, 5.41) is 4.02. The lowest BCUT2D eigenvalue weighted by Crippen LogP contribution is -2.06. The first kappa shape index (κ1) is 11.3. The molecule has 5 heteroatoms. The van der Waals surface area contributed by atoms with Gasteiger partial charge in [0.15, 0.2) is 6.73 Å². The van der Waals surface area contributed by atoms with Gasteiger partial charge in [-0.15, -0.1) is 0 Å². The van der Waals surface area contributed by atoms with Crippen molar-refractivity contribution in [1.82, 2.24) is 9.78 Å². The average Bonchev–Trinajstić information content (AvgIpc) is 2.75. The SMILES string of the molecule is CCOc1ccc(OCn2ccc(N)n2)cc1. The van der Waals surface area contributed by atoms with E-state index in [1.165, 1.54) is 0 Å². The third-order valence-corrected chi connectivity index (χ3v) is 2.16. The Hall–Kier alpha value is -2.17. The standard InChI is InChI=1S/C12H15N3O2/c1-2-16-10-3-5-11(6-4-10)17-9-15-8-7-12(13)14-15/h3-8H,2,9H2,1H3,(H2,13,14). The van der Waals surface area contributed by atoms with E-state index < -0.39 is 0 Å². The number of aromatic nitrogens is 2. The van der Waals surface area contributed by atoms with E-state index in [4.69, 9.17) is 15.2 Å². The predicted octanol–water partition coefficient (Wildman–Crippen LogP) is 1.90. The summed E-state index contributed by atoms with van der Waals surface area (Å²) in [7, 11) is 0. The van der Waals surface area contributed by atoms with Gasteiger partial charge >= 0.3 is 0 Å². The van der Waals surface area contributed by atoms with Crippen LogP contribution in [0.2, 0.25) is 0 Å². The molecule has 5 nitrogen and oxygen atoms in total. The third-order valence-electron chi connectivity index (χ3n) is 2.16. The zero-order valence-electron chi connectivity index (χ0n) is 9.67. The summed E-state index contributed by atoms with van der Waals surface area (Å²) < 4.78 is 12.5. The Bertz CT molecular complexity index is 465. The molecule has 2 N–H and O–H groups in total. The number of nitrogens with zero attached hydrogens (tertiary/aromatic N) is 2. The second kappa shape index (κ2) is 5.25. The molecule has 0 fully saturated rings. The quantitative estimate of drug-likeness (QED) is 0.856. The van der Waals surface area contributed by atoms with Crippen LogP contribution in [0, 0.1) is 0 Å². The van der Waals surface area contributed by atoms with E-state index in [2.05, 4.69) is 5.10 Å². The van der Waals surface area contributed by atoms with Crippen LogP contribution in [0.15, 0.2) is 36.5 Å². The molecular weight excluding hydrogens is 218 g/mol.